The Labute approximate surface area is 166 Å². The maximum absolute atomic E-state index is 13.8. The minimum absolute atomic E-state index is 0.134. The number of carbonyl (C=O) groups excluding carboxylic acids is 1. The van der Waals surface area contributed by atoms with Gasteiger partial charge < -0.3 is 15.4 Å². The summed E-state index contributed by atoms with van der Waals surface area (Å²) in [7, 11) is 0. The molecule has 0 saturated carbocycles. The van der Waals surface area contributed by atoms with E-state index >= 15 is 0 Å². The Hall–Kier alpha value is -2.58. The Bertz CT molecular complexity index is 1000. The van der Waals surface area contributed by atoms with E-state index in [1.54, 1.807) is 18.2 Å². The summed E-state index contributed by atoms with van der Waals surface area (Å²) in [5.74, 6) is 0.138. The van der Waals surface area contributed by atoms with Gasteiger partial charge >= 0.3 is 0 Å². The molecule has 3 heterocycles. The zero-order valence-corrected chi connectivity index (χ0v) is 16.3. The molecular weight excluding hydrogens is 379 g/mol. The number of aromatic nitrogens is 2. The summed E-state index contributed by atoms with van der Waals surface area (Å²) in [6.07, 6.45) is 3.80. The van der Waals surface area contributed by atoms with Gasteiger partial charge in [0.15, 0.2) is 0 Å². The van der Waals surface area contributed by atoms with Crippen LogP contribution in [-0.4, -0.2) is 35.1 Å². The minimum atomic E-state index is -0.331. The summed E-state index contributed by atoms with van der Waals surface area (Å²) < 4.78 is 19.4. The second-order valence-corrected chi connectivity index (χ2v) is 7.75. The van der Waals surface area contributed by atoms with Crippen molar-refractivity contribution in [3.8, 4) is 0 Å². The molecule has 0 aliphatic carbocycles. The highest BCUT2D eigenvalue weighted by Gasteiger charge is 2.21. The van der Waals surface area contributed by atoms with Gasteiger partial charge in [0.2, 0.25) is 0 Å². The number of benzene rings is 1. The van der Waals surface area contributed by atoms with Crippen molar-refractivity contribution >= 4 is 33.3 Å². The molecular formula is C20H21FN4O2S. The van der Waals surface area contributed by atoms with Crippen LogP contribution in [-0.2, 0) is 11.3 Å². The van der Waals surface area contributed by atoms with Gasteiger partial charge in [-0.2, -0.15) is 0 Å². The number of ether oxygens (including phenoxy) is 1. The summed E-state index contributed by atoms with van der Waals surface area (Å²) in [5.41, 5.74) is 1.27. The van der Waals surface area contributed by atoms with Crippen molar-refractivity contribution < 1.29 is 13.9 Å². The third-order valence-electron chi connectivity index (χ3n) is 4.85. The lowest BCUT2D eigenvalue weighted by molar-refractivity contribution is 0.0954. The lowest BCUT2D eigenvalue weighted by Gasteiger charge is -2.12. The van der Waals surface area contributed by atoms with Gasteiger partial charge in [-0.15, -0.1) is 11.3 Å². The van der Waals surface area contributed by atoms with Gasteiger partial charge in [0, 0.05) is 25.3 Å². The first kappa shape index (κ1) is 18.8. The van der Waals surface area contributed by atoms with Crippen LogP contribution in [0, 0.1) is 12.7 Å². The van der Waals surface area contributed by atoms with E-state index in [4.69, 9.17) is 4.74 Å². The van der Waals surface area contributed by atoms with Gasteiger partial charge in [-0.25, -0.2) is 14.4 Å². The molecule has 3 aromatic rings. The Balaban J connectivity index is 1.52. The number of amides is 1. The fourth-order valence-corrected chi connectivity index (χ4v) is 4.40. The molecule has 1 fully saturated rings. The molecule has 1 aliphatic rings. The largest absolute Gasteiger partial charge is 0.376 e. The molecule has 2 N–H and O–H groups in total. The van der Waals surface area contributed by atoms with Crippen molar-refractivity contribution in [3.63, 3.8) is 0 Å². The first-order chi connectivity index (χ1) is 13.6. The van der Waals surface area contributed by atoms with Crippen molar-refractivity contribution in [2.24, 2.45) is 0 Å². The zero-order chi connectivity index (χ0) is 19.5. The Morgan fingerprint density at radius 1 is 1.36 bits per heavy atom. The monoisotopic (exact) mass is 400 g/mol. The van der Waals surface area contributed by atoms with Crippen molar-refractivity contribution in [2.75, 3.05) is 18.5 Å². The fraction of sp³-hybridized carbons (Fsp3) is 0.350. The minimum Gasteiger partial charge on any atom is -0.376 e. The quantitative estimate of drug-likeness (QED) is 0.660. The number of halogens is 1. The molecule has 1 aromatic carbocycles. The number of anilines is 1. The predicted molar refractivity (Wildman–Crippen MR) is 107 cm³/mol. The van der Waals surface area contributed by atoms with Crippen molar-refractivity contribution in [3.05, 3.63) is 52.4 Å². The molecule has 0 spiro atoms. The number of aryl methyl sites for hydroxylation is 1. The van der Waals surface area contributed by atoms with E-state index in [-0.39, 0.29) is 24.4 Å². The van der Waals surface area contributed by atoms with Gasteiger partial charge in [-0.05, 0) is 31.4 Å². The Morgan fingerprint density at radius 2 is 2.21 bits per heavy atom. The van der Waals surface area contributed by atoms with Crippen molar-refractivity contribution in [2.45, 2.75) is 32.4 Å². The van der Waals surface area contributed by atoms with E-state index in [0.29, 0.717) is 22.8 Å². The van der Waals surface area contributed by atoms with Crippen LogP contribution >= 0.6 is 11.3 Å². The van der Waals surface area contributed by atoms with Crippen LogP contribution in [0.2, 0.25) is 0 Å². The van der Waals surface area contributed by atoms with Crippen LogP contribution in [0.25, 0.3) is 10.2 Å². The van der Waals surface area contributed by atoms with Crippen LogP contribution in [0.15, 0.2) is 30.6 Å². The van der Waals surface area contributed by atoms with E-state index in [1.165, 1.54) is 23.7 Å². The fourth-order valence-electron chi connectivity index (χ4n) is 3.34. The average Bonchev–Trinajstić information content (AvgIpc) is 3.34. The highest BCUT2D eigenvalue weighted by Crippen LogP contribution is 2.33. The molecule has 0 radical (unpaired) electrons. The van der Waals surface area contributed by atoms with Crippen LogP contribution in [0.1, 0.15) is 33.6 Å². The van der Waals surface area contributed by atoms with Gasteiger partial charge in [0.05, 0.1) is 16.4 Å². The number of hydrogen-bond donors (Lipinski definition) is 2. The molecule has 6 nitrogen and oxygen atoms in total. The number of thiophene rings is 1. The number of rotatable bonds is 6. The van der Waals surface area contributed by atoms with E-state index < -0.39 is 0 Å². The number of fused-ring (bicyclic) bond motifs is 1. The topological polar surface area (TPSA) is 76.1 Å². The van der Waals surface area contributed by atoms with Crippen LogP contribution in [0.4, 0.5) is 10.2 Å². The Morgan fingerprint density at radius 3 is 3.00 bits per heavy atom. The highest BCUT2D eigenvalue weighted by atomic mass is 32.1. The molecule has 28 heavy (non-hydrogen) atoms. The normalized spacial score (nSPS) is 16.4. The summed E-state index contributed by atoms with van der Waals surface area (Å²) in [5, 5.41) is 6.98. The number of nitrogens with one attached hydrogen (secondary N) is 2. The van der Waals surface area contributed by atoms with Crippen molar-refractivity contribution in [1.29, 1.82) is 0 Å². The molecule has 1 saturated heterocycles. The summed E-state index contributed by atoms with van der Waals surface area (Å²) in [6, 6.07) is 6.41. The standard InChI is InChI=1S/C20H21FN4O2S/c1-12-16-18(22-10-14-6-4-8-27-14)24-11-25-20(16)28-17(12)19(26)23-9-13-5-2-3-7-15(13)21/h2-3,5,7,11,14H,4,6,8-10H2,1H3,(H,23,26)(H,22,24,25)/t14-/m0/s1. The summed E-state index contributed by atoms with van der Waals surface area (Å²) in [4.78, 5) is 22.7. The summed E-state index contributed by atoms with van der Waals surface area (Å²) >= 11 is 1.32. The first-order valence-corrected chi connectivity index (χ1v) is 10.1. The number of carbonyl (C=O) groups is 1. The molecule has 1 atom stereocenters. The van der Waals surface area contributed by atoms with Crippen LogP contribution < -0.4 is 10.6 Å². The van der Waals surface area contributed by atoms with Gasteiger partial charge in [-0.3, -0.25) is 4.79 Å². The average molecular weight is 400 g/mol. The second-order valence-electron chi connectivity index (χ2n) is 6.75. The SMILES string of the molecule is Cc1c(C(=O)NCc2ccccc2F)sc2ncnc(NC[C@@H]3CCCO3)c12. The third-order valence-corrected chi connectivity index (χ3v) is 6.05. The molecule has 0 unspecified atom stereocenters. The molecule has 146 valence electrons. The maximum atomic E-state index is 13.8. The van der Waals surface area contributed by atoms with E-state index in [1.807, 2.05) is 6.92 Å². The maximum Gasteiger partial charge on any atom is 0.261 e. The molecule has 4 rings (SSSR count). The van der Waals surface area contributed by atoms with Gasteiger partial charge in [0.1, 0.15) is 22.8 Å². The molecule has 8 heteroatoms. The van der Waals surface area contributed by atoms with Crippen molar-refractivity contribution in [1.82, 2.24) is 15.3 Å². The van der Waals surface area contributed by atoms with E-state index in [2.05, 4.69) is 20.6 Å². The van der Waals surface area contributed by atoms with Gasteiger partial charge in [-0.1, -0.05) is 18.2 Å². The smallest absolute Gasteiger partial charge is 0.261 e. The third kappa shape index (κ3) is 3.83. The number of hydrogen-bond acceptors (Lipinski definition) is 6. The summed E-state index contributed by atoms with van der Waals surface area (Å²) in [6.45, 7) is 3.50. The highest BCUT2D eigenvalue weighted by molar-refractivity contribution is 7.20. The van der Waals surface area contributed by atoms with Crippen LogP contribution in [0.5, 0.6) is 0 Å². The predicted octanol–water partition coefficient (Wildman–Crippen LogP) is 3.66. The first-order valence-electron chi connectivity index (χ1n) is 9.24. The zero-order valence-electron chi connectivity index (χ0n) is 15.5. The lowest BCUT2D eigenvalue weighted by Crippen LogP contribution is -2.23. The Kier molecular flexibility index (Phi) is 5.50. The number of nitrogens with zero attached hydrogens (tertiary/aromatic N) is 2. The molecule has 2 aromatic heterocycles. The lowest BCUT2D eigenvalue weighted by atomic mass is 10.1. The van der Waals surface area contributed by atoms with Gasteiger partial charge in [0.25, 0.3) is 5.91 Å². The molecule has 1 aliphatic heterocycles. The molecule has 0 bridgehead atoms. The van der Waals surface area contributed by atoms with E-state index in [0.717, 1.165) is 35.2 Å². The van der Waals surface area contributed by atoms with E-state index in [9.17, 15) is 9.18 Å². The molecule has 1 amide bonds. The second kappa shape index (κ2) is 8.20. The van der Waals surface area contributed by atoms with Crippen LogP contribution in [0.3, 0.4) is 0 Å².